The molecule has 1 aromatic carbocycles. The maximum atomic E-state index is 12.6. The largest absolute Gasteiger partial charge is 0.481 e. The fourth-order valence-corrected chi connectivity index (χ4v) is 3.53. The lowest BCUT2D eigenvalue weighted by molar-refractivity contribution is -0.142. The highest BCUT2D eigenvalue weighted by Gasteiger charge is 2.51. The Morgan fingerprint density at radius 2 is 2.10 bits per heavy atom. The summed E-state index contributed by atoms with van der Waals surface area (Å²) in [5.74, 6) is -1.26. The Kier molecular flexibility index (Phi) is 2.92. The van der Waals surface area contributed by atoms with Crippen LogP contribution in [0.5, 0.6) is 0 Å². The first-order valence-electron chi connectivity index (χ1n) is 6.90. The molecule has 106 valence electrons. The number of hydrogen-bond acceptors (Lipinski definition) is 3. The number of amides is 1. The fraction of sp³-hybridized carbons (Fsp3) is 0.467. The summed E-state index contributed by atoms with van der Waals surface area (Å²) in [7, 11) is 0. The molecule has 5 heteroatoms. The van der Waals surface area contributed by atoms with E-state index >= 15 is 0 Å². The number of carbonyl (C=O) groups is 2. The van der Waals surface area contributed by atoms with E-state index in [0.29, 0.717) is 17.7 Å². The number of anilines is 1. The first-order valence-corrected chi connectivity index (χ1v) is 6.90. The van der Waals surface area contributed by atoms with Gasteiger partial charge in [-0.1, -0.05) is 0 Å². The van der Waals surface area contributed by atoms with Crippen LogP contribution < -0.4 is 5.73 Å². The van der Waals surface area contributed by atoms with E-state index in [1.165, 1.54) is 0 Å². The Morgan fingerprint density at radius 3 is 2.70 bits per heavy atom. The molecule has 0 aliphatic carbocycles. The van der Waals surface area contributed by atoms with Gasteiger partial charge in [-0.15, -0.1) is 0 Å². The molecule has 0 saturated carbocycles. The number of carbonyl (C=O) groups excluding carboxylic acids is 1. The van der Waals surface area contributed by atoms with Crippen LogP contribution in [-0.2, 0) is 4.79 Å². The first kappa shape index (κ1) is 13.0. The van der Waals surface area contributed by atoms with E-state index < -0.39 is 11.9 Å². The minimum absolute atomic E-state index is 0.0654. The monoisotopic (exact) mass is 274 g/mol. The van der Waals surface area contributed by atoms with E-state index in [1.54, 1.807) is 23.1 Å². The van der Waals surface area contributed by atoms with Crippen LogP contribution in [0.1, 0.15) is 35.2 Å². The second-order valence-corrected chi connectivity index (χ2v) is 5.76. The quantitative estimate of drug-likeness (QED) is 0.803. The van der Waals surface area contributed by atoms with Crippen molar-refractivity contribution in [2.24, 2.45) is 5.92 Å². The zero-order chi connectivity index (χ0) is 14.4. The summed E-state index contributed by atoms with van der Waals surface area (Å²) < 4.78 is 0. The Bertz CT molecular complexity index is 584. The number of benzene rings is 1. The molecule has 1 aromatic rings. The molecule has 3 rings (SSSR count). The van der Waals surface area contributed by atoms with Crippen molar-refractivity contribution in [2.45, 2.75) is 38.3 Å². The summed E-state index contributed by atoms with van der Waals surface area (Å²) in [6.07, 6.45) is 2.29. The molecule has 2 aliphatic heterocycles. The lowest BCUT2D eigenvalue weighted by atomic mass is 9.89. The van der Waals surface area contributed by atoms with Gasteiger partial charge in [0.2, 0.25) is 0 Å². The number of nitrogen functional groups attached to an aromatic ring is 1. The number of aryl methyl sites for hydroxylation is 1. The van der Waals surface area contributed by atoms with Crippen molar-refractivity contribution < 1.29 is 14.7 Å². The summed E-state index contributed by atoms with van der Waals surface area (Å²) in [5.41, 5.74) is 7.90. The lowest BCUT2D eigenvalue weighted by Gasteiger charge is -2.23. The van der Waals surface area contributed by atoms with Gasteiger partial charge in [0.15, 0.2) is 0 Å². The highest BCUT2D eigenvalue weighted by molar-refractivity contribution is 5.96. The number of rotatable bonds is 2. The number of nitrogens with zero attached hydrogens (tertiary/aromatic N) is 1. The molecule has 3 atom stereocenters. The SMILES string of the molecule is Cc1cc(C(=O)N2C3CCC2C(C(=O)O)C3)ccc1N. The molecule has 1 amide bonds. The van der Waals surface area contributed by atoms with Crippen LogP contribution in [0.3, 0.4) is 0 Å². The Balaban J connectivity index is 1.88. The minimum atomic E-state index is -0.788. The third-order valence-corrected chi connectivity index (χ3v) is 4.61. The van der Waals surface area contributed by atoms with Gasteiger partial charge in [-0.2, -0.15) is 0 Å². The summed E-state index contributed by atoms with van der Waals surface area (Å²) in [4.78, 5) is 25.7. The van der Waals surface area contributed by atoms with Crippen molar-refractivity contribution in [3.05, 3.63) is 29.3 Å². The van der Waals surface area contributed by atoms with Gasteiger partial charge in [0.05, 0.1) is 5.92 Å². The van der Waals surface area contributed by atoms with Crippen molar-refractivity contribution in [3.8, 4) is 0 Å². The summed E-state index contributed by atoms with van der Waals surface area (Å²) >= 11 is 0. The van der Waals surface area contributed by atoms with Gasteiger partial charge in [-0.25, -0.2) is 0 Å². The zero-order valence-corrected chi connectivity index (χ0v) is 11.4. The Morgan fingerprint density at radius 1 is 1.35 bits per heavy atom. The van der Waals surface area contributed by atoms with Crippen LogP contribution >= 0.6 is 0 Å². The van der Waals surface area contributed by atoms with Crippen LogP contribution in [0.25, 0.3) is 0 Å². The van der Waals surface area contributed by atoms with Crippen molar-refractivity contribution in [1.29, 1.82) is 0 Å². The molecule has 0 spiro atoms. The van der Waals surface area contributed by atoms with E-state index in [1.807, 2.05) is 6.92 Å². The van der Waals surface area contributed by atoms with Gasteiger partial charge < -0.3 is 15.7 Å². The maximum absolute atomic E-state index is 12.6. The third-order valence-electron chi connectivity index (χ3n) is 4.61. The van der Waals surface area contributed by atoms with Gasteiger partial charge in [0.1, 0.15) is 0 Å². The van der Waals surface area contributed by atoms with Gasteiger partial charge in [-0.3, -0.25) is 9.59 Å². The lowest BCUT2D eigenvalue weighted by Crippen LogP contribution is -2.37. The minimum Gasteiger partial charge on any atom is -0.481 e. The van der Waals surface area contributed by atoms with Crippen molar-refractivity contribution in [3.63, 3.8) is 0 Å². The molecule has 2 aliphatic rings. The van der Waals surface area contributed by atoms with Gasteiger partial charge in [0.25, 0.3) is 5.91 Å². The topological polar surface area (TPSA) is 83.6 Å². The number of carboxylic acids is 1. The number of carboxylic acid groups (broad SMARTS) is 1. The van der Waals surface area contributed by atoms with Crippen molar-refractivity contribution >= 4 is 17.6 Å². The van der Waals surface area contributed by atoms with E-state index in [0.717, 1.165) is 18.4 Å². The molecular weight excluding hydrogens is 256 g/mol. The average molecular weight is 274 g/mol. The number of aliphatic carboxylic acids is 1. The highest BCUT2D eigenvalue weighted by Crippen LogP contribution is 2.42. The first-order chi connectivity index (χ1) is 9.49. The van der Waals surface area contributed by atoms with Crippen molar-refractivity contribution in [2.75, 3.05) is 5.73 Å². The van der Waals surface area contributed by atoms with Gasteiger partial charge in [-0.05, 0) is 49.9 Å². The average Bonchev–Trinajstić information content (AvgIpc) is 2.98. The molecule has 3 N–H and O–H groups in total. The number of nitrogens with two attached hydrogens (primary N) is 1. The Labute approximate surface area is 117 Å². The van der Waals surface area contributed by atoms with E-state index in [4.69, 9.17) is 5.73 Å². The smallest absolute Gasteiger partial charge is 0.308 e. The van der Waals surface area contributed by atoms with E-state index in [2.05, 4.69) is 0 Å². The van der Waals surface area contributed by atoms with Gasteiger partial charge >= 0.3 is 5.97 Å². The van der Waals surface area contributed by atoms with E-state index in [9.17, 15) is 14.7 Å². The molecular formula is C15H18N2O3. The fourth-order valence-electron chi connectivity index (χ4n) is 3.53. The maximum Gasteiger partial charge on any atom is 0.308 e. The zero-order valence-electron chi connectivity index (χ0n) is 11.4. The molecule has 0 aromatic heterocycles. The molecule has 2 heterocycles. The Hall–Kier alpha value is -2.04. The highest BCUT2D eigenvalue weighted by atomic mass is 16.4. The molecule has 0 radical (unpaired) electrons. The predicted molar refractivity (Wildman–Crippen MR) is 74.3 cm³/mol. The van der Waals surface area contributed by atoms with Crippen molar-refractivity contribution in [1.82, 2.24) is 4.90 Å². The molecule has 2 saturated heterocycles. The third kappa shape index (κ3) is 1.85. The second-order valence-electron chi connectivity index (χ2n) is 5.76. The molecule has 5 nitrogen and oxygen atoms in total. The van der Waals surface area contributed by atoms with E-state index in [-0.39, 0.29) is 18.0 Å². The summed E-state index contributed by atoms with van der Waals surface area (Å²) in [6, 6.07) is 5.16. The van der Waals surface area contributed by atoms with Gasteiger partial charge in [0, 0.05) is 23.3 Å². The normalized spacial score (nSPS) is 27.9. The van der Waals surface area contributed by atoms with Crippen LogP contribution in [0.15, 0.2) is 18.2 Å². The molecule has 3 unspecified atom stereocenters. The van der Waals surface area contributed by atoms with Crippen LogP contribution in [0.2, 0.25) is 0 Å². The molecule has 2 bridgehead atoms. The standard InChI is InChI=1S/C15H18N2O3/c1-8-6-9(2-4-12(8)16)14(18)17-10-3-5-13(17)11(7-10)15(19)20/h2,4,6,10-11,13H,3,5,7,16H2,1H3,(H,19,20). The molecule has 20 heavy (non-hydrogen) atoms. The summed E-state index contributed by atoms with van der Waals surface area (Å²) in [5, 5.41) is 9.23. The predicted octanol–water partition coefficient (Wildman–Crippen LogP) is 1.65. The van der Waals surface area contributed by atoms with Crippen LogP contribution in [-0.4, -0.2) is 34.0 Å². The van der Waals surface area contributed by atoms with Crippen LogP contribution in [0.4, 0.5) is 5.69 Å². The number of fused-ring (bicyclic) bond motifs is 2. The summed E-state index contributed by atoms with van der Waals surface area (Å²) in [6.45, 7) is 1.87. The van der Waals surface area contributed by atoms with Crippen LogP contribution in [0, 0.1) is 12.8 Å². The second kappa shape index (κ2) is 4.51. The molecule has 2 fully saturated rings. The number of hydrogen-bond donors (Lipinski definition) is 2.